The number of halogens is 1. The SMILES string of the molecule is N#CCC1CCc2nc(C3=CC=C(F)CC3)c(-c3ccncc3)n21. The van der Waals surface area contributed by atoms with E-state index in [1.54, 1.807) is 12.4 Å². The fourth-order valence-electron chi connectivity index (χ4n) is 3.59. The summed E-state index contributed by atoms with van der Waals surface area (Å²) in [6, 6.07) is 6.38. The Morgan fingerprint density at radius 2 is 2.04 bits per heavy atom. The smallest absolute Gasteiger partial charge is 0.110 e. The highest BCUT2D eigenvalue weighted by atomic mass is 19.1. The van der Waals surface area contributed by atoms with Gasteiger partial charge in [-0.2, -0.15) is 5.26 Å². The van der Waals surface area contributed by atoms with Crippen molar-refractivity contribution in [1.29, 1.82) is 5.26 Å². The van der Waals surface area contributed by atoms with E-state index in [9.17, 15) is 4.39 Å². The molecule has 0 aromatic carbocycles. The molecule has 24 heavy (non-hydrogen) atoms. The van der Waals surface area contributed by atoms with Crippen LogP contribution in [0.4, 0.5) is 4.39 Å². The lowest BCUT2D eigenvalue weighted by Gasteiger charge is -2.16. The van der Waals surface area contributed by atoms with E-state index in [-0.39, 0.29) is 11.9 Å². The molecule has 2 aromatic heterocycles. The number of allylic oxidation sites excluding steroid dienone is 4. The van der Waals surface area contributed by atoms with Gasteiger partial charge in [0.25, 0.3) is 0 Å². The quantitative estimate of drug-likeness (QED) is 0.843. The van der Waals surface area contributed by atoms with Crippen molar-refractivity contribution < 1.29 is 4.39 Å². The fraction of sp³-hybridized carbons (Fsp3) is 0.316. The molecule has 0 amide bonds. The second kappa shape index (κ2) is 6.04. The molecule has 2 aliphatic rings. The topological polar surface area (TPSA) is 54.5 Å². The van der Waals surface area contributed by atoms with E-state index >= 15 is 0 Å². The molecular weight excluding hydrogens is 303 g/mol. The molecule has 3 heterocycles. The van der Waals surface area contributed by atoms with Gasteiger partial charge in [0.1, 0.15) is 11.7 Å². The van der Waals surface area contributed by atoms with Gasteiger partial charge in [-0.05, 0) is 36.6 Å². The molecular formula is C19H17FN4. The summed E-state index contributed by atoms with van der Waals surface area (Å²) in [6.07, 6.45) is 10.3. The van der Waals surface area contributed by atoms with E-state index in [4.69, 9.17) is 10.2 Å². The maximum absolute atomic E-state index is 13.4. The van der Waals surface area contributed by atoms with Crippen molar-refractivity contribution in [1.82, 2.24) is 14.5 Å². The van der Waals surface area contributed by atoms with Crippen molar-refractivity contribution in [3.8, 4) is 17.3 Å². The normalized spacial score (nSPS) is 19.4. The van der Waals surface area contributed by atoms with Crippen LogP contribution < -0.4 is 0 Å². The van der Waals surface area contributed by atoms with Gasteiger partial charge in [0.2, 0.25) is 0 Å². The maximum atomic E-state index is 13.4. The first kappa shape index (κ1) is 14.8. The number of fused-ring (bicyclic) bond motifs is 1. The number of imidazole rings is 1. The lowest BCUT2D eigenvalue weighted by atomic mass is 9.97. The zero-order valence-corrected chi connectivity index (χ0v) is 13.2. The molecule has 0 saturated heterocycles. The second-order valence-corrected chi connectivity index (χ2v) is 6.19. The predicted octanol–water partition coefficient (Wildman–Crippen LogP) is 4.38. The average Bonchev–Trinajstić information content (AvgIpc) is 3.17. The maximum Gasteiger partial charge on any atom is 0.110 e. The molecule has 120 valence electrons. The van der Waals surface area contributed by atoms with E-state index in [0.29, 0.717) is 19.3 Å². The highest BCUT2D eigenvalue weighted by molar-refractivity contribution is 5.79. The number of pyridine rings is 1. The molecule has 0 N–H and O–H groups in total. The first-order valence-corrected chi connectivity index (χ1v) is 8.22. The van der Waals surface area contributed by atoms with E-state index in [0.717, 1.165) is 41.2 Å². The molecule has 1 aliphatic heterocycles. The van der Waals surface area contributed by atoms with E-state index in [1.165, 1.54) is 6.08 Å². The minimum Gasteiger partial charge on any atom is -0.323 e. The Labute approximate surface area is 140 Å². The summed E-state index contributed by atoms with van der Waals surface area (Å²) in [5, 5.41) is 9.14. The van der Waals surface area contributed by atoms with Crippen molar-refractivity contribution in [3.05, 3.63) is 54.0 Å². The van der Waals surface area contributed by atoms with Gasteiger partial charge in [0.15, 0.2) is 0 Å². The van der Waals surface area contributed by atoms with Gasteiger partial charge < -0.3 is 4.57 Å². The first-order valence-electron chi connectivity index (χ1n) is 8.22. The summed E-state index contributed by atoms with van der Waals surface area (Å²) in [5.41, 5.74) is 4.05. The average molecular weight is 320 g/mol. The molecule has 4 rings (SSSR count). The number of aromatic nitrogens is 3. The number of nitriles is 1. The summed E-state index contributed by atoms with van der Waals surface area (Å²) in [4.78, 5) is 8.96. The highest BCUT2D eigenvalue weighted by Crippen LogP contribution is 2.40. The Balaban J connectivity index is 1.90. The van der Waals surface area contributed by atoms with Gasteiger partial charge in [-0.15, -0.1) is 0 Å². The van der Waals surface area contributed by atoms with Crippen molar-refractivity contribution in [3.63, 3.8) is 0 Å². The van der Waals surface area contributed by atoms with Gasteiger partial charge in [-0.1, -0.05) is 6.08 Å². The molecule has 0 fully saturated rings. The van der Waals surface area contributed by atoms with Gasteiger partial charge in [0, 0.05) is 36.8 Å². The van der Waals surface area contributed by atoms with Gasteiger partial charge in [0.05, 0.1) is 23.9 Å². The van der Waals surface area contributed by atoms with Gasteiger partial charge in [-0.3, -0.25) is 4.98 Å². The third kappa shape index (κ3) is 2.44. The molecule has 4 nitrogen and oxygen atoms in total. The van der Waals surface area contributed by atoms with Crippen LogP contribution in [-0.2, 0) is 6.42 Å². The Morgan fingerprint density at radius 1 is 1.21 bits per heavy atom. The van der Waals surface area contributed by atoms with Crippen molar-refractivity contribution in [2.75, 3.05) is 0 Å². The lowest BCUT2D eigenvalue weighted by Crippen LogP contribution is -2.06. The van der Waals surface area contributed by atoms with Crippen LogP contribution in [0.2, 0.25) is 0 Å². The zero-order chi connectivity index (χ0) is 16.5. The molecule has 1 aliphatic carbocycles. The predicted molar refractivity (Wildman–Crippen MR) is 89.4 cm³/mol. The third-order valence-corrected chi connectivity index (χ3v) is 4.73. The minimum absolute atomic E-state index is 0.0849. The summed E-state index contributed by atoms with van der Waals surface area (Å²) in [7, 11) is 0. The molecule has 1 unspecified atom stereocenters. The molecule has 5 heteroatoms. The number of rotatable bonds is 3. The first-order chi connectivity index (χ1) is 11.8. The summed E-state index contributed by atoms with van der Waals surface area (Å²) in [5.74, 6) is 0.936. The summed E-state index contributed by atoms with van der Waals surface area (Å²) in [6.45, 7) is 0. The van der Waals surface area contributed by atoms with Gasteiger partial charge in [-0.25, -0.2) is 9.37 Å². The van der Waals surface area contributed by atoms with Crippen LogP contribution in [0.1, 0.15) is 43.2 Å². The largest absolute Gasteiger partial charge is 0.323 e. The standard InChI is InChI=1S/C19H17FN4/c20-15-3-1-13(2-4-15)18-19(14-8-11-22-12-9-14)24-16(7-10-21)5-6-17(24)23-18/h1,3,8-9,11-12,16H,2,4-7H2. The Bertz CT molecular complexity index is 871. The molecule has 0 saturated carbocycles. The van der Waals surface area contributed by atoms with Crippen LogP contribution in [-0.4, -0.2) is 14.5 Å². The number of hydrogen-bond acceptors (Lipinski definition) is 3. The summed E-state index contributed by atoms with van der Waals surface area (Å²) >= 11 is 0. The molecule has 1 atom stereocenters. The highest BCUT2D eigenvalue weighted by Gasteiger charge is 2.30. The minimum atomic E-state index is -0.0849. The van der Waals surface area contributed by atoms with Crippen LogP contribution in [0, 0.1) is 11.3 Å². The van der Waals surface area contributed by atoms with Crippen LogP contribution in [0.3, 0.4) is 0 Å². The van der Waals surface area contributed by atoms with Gasteiger partial charge >= 0.3 is 0 Å². The monoisotopic (exact) mass is 320 g/mol. The van der Waals surface area contributed by atoms with Crippen LogP contribution in [0.25, 0.3) is 16.8 Å². The van der Waals surface area contributed by atoms with Crippen molar-refractivity contribution in [2.24, 2.45) is 0 Å². The van der Waals surface area contributed by atoms with E-state index in [2.05, 4.69) is 15.6 Å². The van der Waals surface area contributed by atoms with Crippen LogP contribution in [0.5, 0.6) is 0 Å². The van der Waals surface area contributed by atoms with Crippen LogP contribution >= 0.6 is 0 Å². The third-order valence-electron chi connectivity index (χ3n) is 4.73. The fourth-order valence-corrected chi connectivity index (χ4v) is 3.59. The van der Waals surface area contributed by atoms with E-state index in [1.807, 2.05) is 18.2 Å². The Morgan fingerprint density at radius 3 is 2.75 bits per heavy atom. The van der Waals surface area contributed by atoms with Crippen molar-refractivity contribution >= 4 is 5.57 Å². The number of hydrogen-bond donors (Lipinski definition) is 0. The molecule has 0 radical (unpaired) electrons. The van der Waals surface area contributed by atoms with E-state index < -0.39 is 0 Å². The summed E-state index contributed by atoms with van der Waals surface area (Å²) < 4.78 is 15.6. The zero-order valence-electron chi connectivity index (χ0n) is 13.2. The number of nitrogens with zero attached hydrogens (tertiary/aromatic N) is 4. The Hall–Kier alpha value is -2.74. The molecule has 0 spiro atoms. The molecule has 0 bridgehead atoms. The lowest BCUT2D eigenvalue weighted by molar-refractivity contribution is 0.544. The number of aryl methyl sites for hydroxylation is 1. The van der Waals surface area contributed by atoms with Crippen molar-refractivity contribution in [2.45, 2.75) is 38.1 Å². The second-order valence-electron chi connectivity index (χ2n) is 6.19. The Kier molecular flexibility index (Phi) is 3.73. The molecule has 2 aromatic rings. The van der Waals surface area contributed by atoms with Crippen LogP contribution in [0.15, 0.2) is 42.5 Å².